The molecular weight excluding hydrogens is 437 g/mol. The number of carbonyl (C=O) groups is 1. The number of alkyl halides is 3. The number of hydrogen-bond acceptors (Lipinski definition) is 4. The van der Waals surface area contributed by atoms with E-state index in [0.717, 1.165) is 12.1 Å². The number of hydrogen-bond donors (Lipinski definition) is 3. The highest BCUT2D eigenvalue weighted by Crippen LogP contribution is 2.34. The lowest BCUT2D eigenvalue weighted by Gasteiger charge is -2.17. The van der Waals surface area contributed by atoms with E-state index in [1.54, 1.807) is 0 Å². The van der Waals surface area contributed by atoms with Crippen molar-refractivity contribution in [2.24, 2.45) is 0 Å². The van der Waals surface area contributed by atoms with Crippen molar-refractivity contribution in [3.8, 4) is 0 Å². The van der Waals surface area contributed by atoms with Gasteiger partial charge in [0.05, 0.1) is 31.2 Å². The van der Waals surface area contributed by atoms with Gasteiger partial charge >= 0.3 is 6.18 Å². The smallest absolute Gasteiger partial charge is 0.394 e. The normalized spacial score (nSPS) is 11.8. The molecule has 0 bridgehead atoms. The van der Waals surface area contributed by atoms with Crippen LogP contribution in [0, 0.1) is 0 Å². The van der Waals surface area contributed by atoms with Crippen LogP contribution in [0.25, 0.3) is 10.8 Å². The lowest BCUT2D eigenvalue weighted by molar-refractivity contribution is -0.138. The summed E-state index contributed by atoms with van der Waals surface area (Å²) in [5.74, 6) is -0.701. The molecule has 1 amide bonds. The average Bonchev–Trinajstić information content (AvgIpc) is 2.71. The summed E-state index contributed by atoms with van der Waals surface area (Å²) in [7, 11) is 0. The van der Waals surface area contributed by atoms with Gasteiger partial charge in [-0.05, 0) is 35.9 Å². The molecule has 31 heavy (non-hydrogen) atoms. The Morgan fingerprint density at radius 3 is 2.45 bits per heavy atom. The number of nitrogens with one attached hydrogen (secondary N) is 1. The fourth-order valence-electron chi connectivity index (χ4n) is 3.26. The molecular formula is C21H18ClF3N2O4. The molecule has 1 aromatic heterocycles. The summed E-state index contributed by atoms with van der Waals surface area (Å²) in [6.07, 6.45) is -3.84. The zero-order chi connectivity index (χ0) is 22.8. The Kier molecular flexibility index (Phi) is 6.68. The molecule has 3 aromatic rings. The van der Waals surface area contributed by atoms with Crippen LogP contribution < -0.4 is 10.9 Å². The quantitative estimate of drug-likeness (QED) is 0.532. The summed E-state index contributed by atoms with van der Waals surface area (Å²) in [6, 6.07) is 8.44. The van der Waals surface area contributed by atoms with Crippen LogP contribution in [0.2, 0.25) is 5.02 Å². The van der Waals surface area contributed by atoms with Crippen LogP contribution in [0.3, 0.4) is 0 Å². The molecule has 0 spiro atoms. The molecule has 0 unspecified atom stereocenters. The fraction of sp³-hybridized carbons (Fsp3) is 0.238. The summed E-state index contributed by atoms with van der Waals surface area (Å²) in [4.78, 5) is 25.2. The zero-order valence-electron chi connectivity index (χ0n) is 16.0. The number of aliphatic hydroxyl groups is 2. The minimum absolute atomic E-state index is 0.0918. The van der Waals surface area contributed by atoms with Crippen LogP contribution in [0.1, 0.15) is 17.2 Å². The standard InChI is InChI=1S/C21H18ClF3N2O4/c22-13-5-4-12(17(9-13)21(23,24)25)8-19(30)26-18-3-1-2-16-15(18)6-7-27(20(16)31)14(10-28)11-29/h1-7,9,14,28-29H,8,10-11H2,(H,26,30). The molecule has 0 saturated carbocycles. The largest absolute Gasteiger partial charge is 0.416 e. The number of amides is 1. The van der Waals surface area contributed by atoms with Gasteiger partial charge in [-0.3, -0.25) is 9.59 Å². The molecule has 0 atom stereocenters. The number of rotatable bonds is 6. The summed E-state index contributed by atoms with van der Waals surface area (Å²) >= 11 is 5.66. The van der Waals surface area contributed by atoms with Gasteiger partial charge in [0.25, 0.3) is 5.56 Å². The third-order valence-corrected chi connectivity index (χ3v) is 5.03. The molecule has 164 valence electrons. The van der Waals surface area contributed by atoms with E-state index in [2.05, 4.69) is 5.32 Å². The number of halogens is 4. The van der Waals surface area contributed by atoms with Crippen LogP contribution in [0.5, 0.6) is 0 Å². The molecule has 0 aliphatic carbocycles. The molecule has 2 aromatic carbocycles. The second-order valence-corrected chi connectivity index (χ2v) is 7.27. The van der Waals surface area contributed by atoms with Crippen LogP contribution in [-0.2, 0) is 17.4 Å². The first-order valence-electron chi connectivity index (χ1n) is 9.16. The van der Waals surface area contributed by atoms with Gasteiger partial charge < -0.3 is 20.1 Å². The average molecular weight is 455 g/mol. The first-order chi connectivity index (χ1) is 14.7. The van der Waals surface area contributed by atoms with Crippen molar-refractivity contribution < 1.29 is 28.2 Å². The maximum atomic E-state index is 13.3. The first-order valence-corrected chi connectivity index (χ1v) is 9.54. The lowest BCUT2D eigenvalue weighted by atomic mass is 10.0. The molecule has 1 heterocycles. The Morgan fingerprint density at radius 2 is 1.81 bits per heavy atom. The summed E-state index contributed by atoms with van der Waals surface area (Å²) in [6.45, 7) is -0.887. The number of benzene rings is 2. The van der Waals surface area contributed by atoms with E-state index < -0.39 is 48.9 Å². The van der Waals surface area contributed by atoms with E-state index in [-0.39, 0.29) is 21.7 Å². The number of anilines is 1. The van der Waals surface area contributed by atoms with E-state index >= 15 is 0 Å². The summed E-state index contributed by atoms with van der Waals surface area (Å²) < 4.78 is 40.9. The van der Waals surface area contributed by atoms with Crippen molar-refractivity contribution in [3.63, 3.8) is 0 Å². The second-order valence-electron chi connectivity index (χ2n) is 6.84. The highest BCUT2D eigenvalue weighted by Gasteiger charge is 2.34. The van der Waals surface area contributed by atoms with Gasteiger partial charge in [-0.15, -0.1) is 0 Å². The topological polar surface area (TPSA) is 91.6 Å². The van der Waals surface area contributed by atoms with Gasteiger partial charge in [-0.2, -0.15) is 13.2 Å². The number of pyridine rings is 1. The molecule has 6 nitrogen and oxygen atoms in total. The number of carbonyl (C=O) groups excluding carboxylic acids is 1. The number of fused-ring (bicyclic) bond motifs is 1. The monoisotopic (exact) mass is 454 g/mol. The van der Waals surface area contributed by atoms with Crippen molar-refractivity contribution in [1.82, 2.24) is 4.57 Å². The number of nitrogens with zero attached hydrogens (tertiary/aromatic N) is 1. The van der Waals surface area contributed by atoms with Crippen molar-refractivity contribution >= 4 is 34.0 Å². The van der Waals surface area contributed by atoms with E-state index in [0.29, 0.717) is 5.39 Å². The maximum Gasteiger partial charge on any atom is 0.416 e. The van der Waals surface area contributed by atoms with E-state index in [4.69, 9.17) is 11.6 Å². The van der Waals surface area contributed by atoms with Gasteiger partial charge in [-0.25, -0.2) is 0 Å². The van der Waals surface area contributed by atoms with E-state index in [1.165, 1.54) is 41.1 Å². The van der Waals surface area contributed by atoms with Crippen LogP contribution >= 0.6 is 11.6 Å². The molecule has 0 aliphatic rings. The Labute approximate surface area is 179 Å². The Balaban J connectivity index is 1.92. The van der Waals surface area contributed by atoms with E-state index in [1.807, 2.05) is 0 Å². The van der Waals surface area contributed by atoms with Crippen molar-refractivity contribution in [1.29, 1.82) is 0 Å². The van der Waals surface area contributed by atoms with E-state index in [9.17, 15) is 33.0 Å². The summed E-state index contributed by atoms with van der Waals surface area (Å²) in [5.41, 5.74) is -1.46. The lowest BCUT2D eigenvalue weighted by Crippen LogP contribution is -2.29. The molecule has 10 heteroatoms. The van der Waals surface area contributed by atoms with Gasteiger partial charge in [0.15, 0.2) is 0 Å². The van der Waals surface area contributed by atoms with Crippen molar-refractivity contribution in [2.75, 3.05) is 18.5 Å². The molecule has 0 saturated heterocycles. The maximum absolute atomic E-state index is 13.3. The Bertz CT molecular complexity index is 1170. The van der Waals surface area contributed by atoms with Crippen molar-refractivity contribution in [2.45, 2.75) is 18.6 Å². The second kappa shape index (κ2) is 9.09. The minimum Gasteiger partial charge on any atom is -0.394 e. The third kappa shape index (κ3) is 4.90. The molecule has 3 rings (SSSR count). The molecule has 0 aliphatic heterocycles. The SMILES string of the molecule is O=C(Cc1ccc(Cl)cc1C(F)(F)F)Nc1cccc2c(=O)n(C(CO)CO)ccc12. The van der Waals surface area contributed by atoms with Gasteiger partial charge in [0, 0.05) is 27.7 Å². The van der Waals surface area contributed by atoms with Gasteiger partial charge in [-0.1, -0.05) is 23.7 Å². The van der Waals surface area contributed by atoms with Crippen LogP contribution in [0.15, 0.2) is 53.5 Å². The zero-order valence-corrected chi connectivity index (χ0v) is 16.7. The van der Waals surface area contributed by atoms with Gasteiger partial charge in [0.2, 0.25) is 5.91 Å². The van der Waals surface area contributed by atoms with Gasteiger partial charge in [0.1, 0.15) is 0 Å². The highest BCUT2D eigenvalue weighted by atomic mass is 35.5. The minimum atomic E-state index is -4.67. The number of aliphatic hydroxyl groups excluding tert-OH is 2. The molecule has 0 fully saturated rings. The summed E-state index contributed by atoms with van der Waals surface area (Å²) in [5, 5.41) is 21.7. The van der Waals surface area contributed by atoms with Crippen LogP contribution in [0.4, 0.5) is 18.9 Å². The third-order valence-electron chi connectivity index (χ3n) is 4.79. The Hall–Kier alpha value is -2.88. The first kappa shape index (κ1) is 22.8. The molecule has 0 radical (unpaired) electrons. The molecule has 3 N–H and O–H groups in total. The predicted octanol–water partition coefficient (Wildman–Crippen LogP) is 3.38. The highest BCUT2D eigenvalue weighted by molar-refractivity contribution is 6.30. The Morgan fingerprint density at radius 1 is 1.10 bits per heavy atom. The fourth-order valence-corrected chi connectivity index (χ4v) is 3.43. The van der Waals surface area contributed by atoms with Crippen molar-refractivity contribution in [3.05, 3.63) is 75.2 Å². The number of aromatic nitrogens is 1. The predicted molar refractivity (Wildman–Crippen MR) is 110 cm³/mol. The van der Waals surface area contributed by atoms with Crippen LogP contribution in [-0.4, -0.2) is 33.9 Å².